The largest absolute Gasteiger partial charge is 0.491 e. The number of nitrogens with one attached hydrogen (secondary N) is 2. The smallest absolute Gasteiger partial charge is 0.315 e. The van der Waals surface area contributed by atoms with Gasteiger partial charge in [0.2, 0.25) is 10.0 Å². The number of aryl methyl sites for hydroxylation is 1. The highest BCUT2D eigenvalue weighted by Gasteiger charge is 2.15. The molecule has 1 aliphatic carbocycles. The molecule has 25 heavy (non-hydrogen) atoms. The first kappa shape index (κ1) is 19.5. The van der Waals surface area contributed by atoms with Gasteiger partial charge in [-0.3, -0.25) is 0 Å². The third kappa shape index (κ3) is 6.21. The Bertz CT molecular complexity index is 685. The van der Waals surface area contributed by atoms with Gasteiger partial charge in [0.15, 0.2) is 0 Å². The third-order valence-electron chi connectivity index (χ3n) is 4.33. The van der Waals surface area contributed by atoms with E-state index in [1.807, 2.05) is 6.92 Å². The highest BCUT2D eigenvalue weighted by atomic mass is 32.2. The first-order valence-corrected chi connectivity index (χ1v) is 10.3. The summed E-state index contributed by atoms with van der Waals surface area (Å²) in [5.41, 5.74) is 0.762. The average molecular weight is 369 g/mol. The van der Waals surface area contributed by atoms with Gasteiger partial charge in [-0.15, -0.1) is 0 Å². The van der Waals surface area contributed by atoms with Crippen LogP contribution >= 0.6 is 0 Å². The fourth-order valence-corrected chi connectivity index (χ4v) is 3.52. The van der Waals surface area contributed by atoms with E-state index in [0.29, 0.717) is 25.3 Å². The van der Waals surface area contributed by atoms with Crippen molar-refractivity contribution in [1.82, 2.24) is 10.6 Å². The van der Waals surface area contributed by atoms with Gasteiger partial charge in [-0.25, -0.2) is 18.4 Å². The van der Waals surface area contributed by atoms with E-state index in [9.17, 15) is 13.2 Å². The molecule has 4 N–H and O–H groups in total. The molecule has 7 nitrogen and oxygen atoms in total. The van der Waals surface area contributed by atoms with Crippen molar-refractivity contribution in [2.75, 3.05) is 13.2 Å². The molecule has 140 valence electrons. The Hall–Kier alpha value is -1.80. The van der Waals surface area contributed by atoms with Crippen LogP contribution in [-0.4, -0.2) is 33.6 Å². The number of hydrogen-bond acceptors (Lipinski definition) is 4. The maximum atomic E-state index is 11.8. The van der Waals surface area contributed by atoms with Crippen LogP contribution in [0.3, 0.4) is 0 Å². The molecule has 0 saturated heterocycles. The number of hydrogen-bond donors (Lipinski definition) is 3. The molecule has 8 heteroatoms. The molecule has 0 spiro atoms. The van der Waals surface area contributed by atoms with Crippen LogP contribution in [0.5, 0.6) is 5.75 Å². The molecule has 1 saturated carbocycles. The highest BCUT2D eigenvalue weighted by molar-refractivity contribution is 7.89. The number of carbonyl (C=O) groups is 1. The minimum absolute atomic E-state index is 0.0710. The number of ether oxygens (including phenoxy) is 1. The van der Waals surface area contributed by atoms with Crippen LogP contribution in [0.1, 0.15) is 44.6 Å². The van der Waals surface area contributed by atoms with E-state index >= 15 is 0 Å². The Kier molecular flexibility index (Phi) is 7.07. The molecule has 1 aromatic rings. The fraction of sp³-hybridized carbons (Fsp3) is 0.588. The molecule has 0 radical (unpaired) electrons. The van der Waals surface area contributed by atoms with Gasteiger partial charge in [0.1, 0.15) is 12.4 Å². The minimum atomic E-state index is -3.72. The van der Waals surface area contributed by atoms with Crippen molar-refractivity contribution >= 4 is 16.1 Å². The summed E-state index contributed by atoms with van der Waals surface area (Å²) in [7, 11) is -3.72. The van der Waals surface area contributed by atoms with E-state index < -0.39 is 10.0 Å². The van der Waals surface area contributed by atoms with Crippen LogP contribution < -0.4 is 20.5 Å². The minimum Gasteiger partial charge on any atom is -0.491 e. The Morgan fingerprint density at radius 2 is 2.00 bits per heavy atom. The van der Waals surface area contributed by atoms with E-state index in [-0.39, 0.29) is 17.0 Å². The lowest BCUT2D eigenvalue weighted by Crippen LogP contribution is -2.44. The molecule has 1 aliphatic rings. The van der Waals surface area contributed by atoms with Crippen molar-refractivity contribution in [2.24, 2.45) is 5.14 Å². The lowest BCUT2D eigenvalue weighted by atomic mass is 9.96. The first-order valence-electron chi connectivity index (χ1n) is 8.73. The second kappa shape index (κ2) is 9.05. The summed E-state index contributed by atoms with van der Waals surface area (Å²) >= 11 is 0. The zero-order valence-corrected chi connectivity index (χ0v) is 15.4. The summed E-state index contributed by atoms with van der Waals surface area (Å²) in [6.07, 6.45) is 6.29. The van der Waals surface area contributed by atoms with Crippen molar-refractivity contribution in [3.05, 3.63) is 23.8 Å². The van der Waals surface area contributed by atoms with Gasteiger partial charge in [-0.05, 0) is 43.0 Å². The lowest BCUT2D eigenvalue weighted by Gasteiger charge is -2.22. The maximum Gasteiger partial charge on any atom is 0.315 e. The van der Waals surface area contributed by atoms with Gasteiger partial charge < -0.3 is 15.4 Å². The zero-order valence-electron chi connectivity index (χ0n) is 14.6. The topological polar surface area (TPSA) is 111 Å². The monoisotopic (exact) mass is 369 g/mol. The van der Waals surface area contributed by atoms with Crippen molar-refractivity contribution in [2.45, 2.75) is 56.4 Å². The summed E-state index contributed by atoms with van der Waals surface area (Å²) < 4.78 is 28.4. The fourth-order valence-electron chi connectivity index (χ4n) is 2.96. The van der Waals surface area contributed by atoms with Crippen LogP contribution in [0, 0.1) is 0 Å². The van der Waals surface area contributed by atoms with Gasteiger partial charge in [-0.2, -0.15) is 0 Å². The number of urea groups is 1. The SMILES string of the molecule is CCc1cc(S(N)(=O)=O)ccc1OCCNC(=O)NC1CCCCC1. The molecule has 0 unspecified atom stereocenters. The van der Waals surface area contributed by atoms with Crippen LogP contribution in [0.25, 0.3) is 0 Å². The Morgan fingerprint density at radius 1 is 1.28 bits per heavy atom. The average Bonchev–Trinajstić information content (AvgIpc) is 2.58. The normalized spacial score (nSPS) is 15.6. The molecule has 1 aromatic carbocycles. The summed E-state index contributed by atoms with van der Waals surface area (Å²) in [6, 6.07) is 4.64. The molecule has 2 amide bonds. The van der Waals surface area contributed by atoms with E-state index in [2.05, 4.69) is 10.6 Å². The number of primary sulfonamides is 1. The van der Waals surface area contributed by atoms with Gasteiger partial charge in [0.05, 0.1) is 11.4 Å². The van der Waals surface area contributed by atoms with Gasteiger partial charge in [-0.1, -0.05) is 26.2 Å². The molecule has 2 rings (SSSR count). The van der Waals surface area contributed by atoms with Crippen molar-refractivity contribution < 1.29 is 17.9 Å². The molecule has 0 heterocycles. The number of sulfonamides is 1. The van der Waals surface area contributed by atoms with E-state index in [1.165, 1.54) is 31.4 Å². The third-order valence-corrected chi connectivity index (χ3v) is 5.24. The van der Waals surface area contributed by atoms with Crippen LogP contribution in [-0.2, 0) is 16.4 Å². The van der Waals surface area contributed by atoms with Crippen molar-refractivity contribution in [1.29, 1.82) is 0 Å². The number of carbonyl (C=O) groups excluding carboxylic acids is 1. The van der Waals surface area contributed by atoms with E-state index in [0.717, 1.165) is 18.4 Å². The van der Waals surface area contributed by atoms with Gasteiger partial charge >= 0.3 is 6.03 Å². The number of benzene rings is 1. The predicted molar refractivity (Wildman–Crippen MR) is 96.1 cm³/mol. The quantitative estimate of drug-likeness (QED) is 0.638. The van der Waals surface area contributed by atoms with Gasteiger partial charge in [0, 0.05) is 6.04 Å². The van der Waals surface area contributed by atoms with Crippen LogP contribution in [0.15, 0.2) is 23.1 Å². The Balaban J connectivity index is 1.78. The molecule has 0 aromatic heterocycles. The second-order valence-electron chi connectivity index (χ2n) is 6.25. The highest BCUT2D eigenvalue weighted by Crippen LogP contribution is 2.22. The summed E-state index contributed by atoms with van der Waals surface area (Å²) in [5.74, 6) is 0.601. The summed E-state index contributed by atoms with van der Waals surface area (Å²) in [5, 5.41) is 10.9. The van der Waals surface area contributed by atoms with E-state index in [1.54, 1.807) is 6.07 Å². The molecule has 1 fully saturated rings. The zero-order chi connectivity index (χ0) is 18.3. The van der Waals surface area contributed by atoms with E-state index in [4.69, 9.17) is 9.88 Å². The Morgan fingerprint density at radius 3 is 2.64 bits per heavy atom. The first-order chi connectivity index (χ1) is 11.9. The number of amides is 2. The molecular weight excluding hydrogens is 342 g/mol. The maximum absolute atomic E-state index is 11.8. The second-order valence-corrected chi connectivity index (χ2v) is 7.81. The number of rotatable bonds is 7. The van der Waals surface area contributed by atoms with Crippen molar-refractivity contribution in [3.63, 3.8) is 0 Å². The molecule has 0 aliphatic heterocycles. The van der Waals surface area contributed by atoms with Gasteiger partial charge in [0.25, 0.3) is 0 Å². The number of nitrogens with two attached hydrogens (primary N) is 1. The molecule has 0 atom stereocenters. The van der Waals surface area contributed by atoms with Crippen molar-refractivity contribution in [3.8, 4) is 5.75 Å². The summed E-state index contributed by atoms with van der Waals surface area (Å²) in [6.45, 7) is 2.59. The lowest BCUT2D eigenvalue weighted by molar-refractivity contribution is 0.228. The standard InChI is InChI=1S/C17H27N3O4S/c1-2-13-12-15(25(18,22)23)8-9-16(13)24-11-10-19-17(21)20-14-6-4-3-5-7-14/h8-9,12,14H,2-7,10-11H2,1H3,(H2,18,22,23)(H2,19,20,21). The molecule has 0 bridgehead atoms. The molecular formula is C17H27N3O4S. The summed E-state index contributed by atoms with van der Waals surface area (Å²) in [4.78, 5) is 11.9. The van der Waals surface area contributed by atoms with Crippen LogP contribution in [0.4, 0.5) is 4.79 Å². The predicted octanol–water partition coefficient (Wildman–Crippen LogP) is 1.91. The Labute approximate surface area is 149 Å². The van der Waals surface area contributed by atoms with Crippen LogP contribution in [0.2, 0.25) is 0 Å².